The summed E-state index contributed by atoms with van der Waals surface area (Å²) in [7, 11) is 0. The number of fused-ring (bicyclic) bond motifs is 1. The van der Waals surface area contributed by atoms with Crippen LogP contribution in [0.1, 0.15) is 56.2 Å². The molecule has 1 aliphatic rings. The van der Waals surface area contributed by atoms with Crippen molar-refractivity contribution < 1.29 is 19.1 Å². The topological polar surface area (TPSA) is 76.7 Å². The van der Waals surface area contributed by atoms with Crippen molar-refractivity contribution in [2.45, 2.75) is 64.3 Å². The van der Waals surface area contributed by atoms with E-state index >= 15 is 0 Å². The average Bonchev–Trinajstić information content (AvgIpc) is 2.99. The smallest absolute Gasteiger partial charge is 0.293 e. The minimum atomic E-state index is -0.318. The molecule has 6 nitrogen and oxygen atoms in total. The van der Waals surface area contributed by atoms with Crippen molar-refractivity contribution in [1.29, 1.82) is 0 Å². The fourth-order valence-electron chi connectivity index (χ4n) is 5.00. The van der Waals surface area contributed by atoms with Gasteiger partial charge in [-0.3, -0.25) is 9.59 Å². The number of carbonyl (C=O) groups excluding carboxylic acids is 2. The molecule has 1 heterocycles. The number of piperidine rings is 1. The van der Waals surface area contributed by atoms with Crippen molar-refractivity contribution in [2.75, 3.05) is 18.4 Å². The molecule has 1 aliphatic heterocycles. The molecule has 4 aromatic rings. The number of carbonyl (C=O) groups is 2. The maximum atomic E-state index is 12.3. The lowest BCUT2D eigenvalue weighted by Gasteiger charge is -2.32. The number of para-hydroxylation sites is 1. The van der Waals surface area contributed by atoms with Gasteiger partial charge in [-0.25, -0.2) is 0 Å². The first kappa shape index (κ1) is 30.9. The minimum Gasteiger partial charge on any atom is -0.462 e. The molecule has 220 valence electrons. The van der Waals surface area contributed by atoms with Crippen LogP contribution in [0, 0.1) is 0 Å². The first-order valence-corrected chi connectivity index (χ1v) is 14.7. The van der Waals surface area contributed by atoms with Crippen LogP contribution in [0.3, 0.4) is 0 Å². The summed E-state index contributed by atoms with van der Waals surface area (Å²) in [6.07, 6.45) is 2.39. The van der Waals surface area contributed by atoms with E-state index < -0.39 is 0 Å². The second-order valence-electron chi connectivity index (χ2n) is 11.6. The molecular formula is C36H42N2O4. The maximum Gasteiger partial charge on any atom is 0.293 e. The first-order chi connectivity index (χ1) is 20.3. The Bertz CT molecular complexity index is 1410. The normalized spacial score (nSPS) is 16.6. The first-order valence-electron chi connectivity index (χ1n) is 14.7. The van der Waals surface area contributed by atoms with Gasteiger partial charge in [-0.15, -0.1) is 0 Å². The van der Waals surface area contributed by atoms with Gasteiger partial charge >= 0.3 is 0 Å². The second-order valence-corrected chi connectivity index (χ2v) is 11.6. The number of anilines is 1. The molecule has 0 aromatic heterocycles. The average molecular weight is 567 g/mol. The number of ether oxygens (including phenoxy) is 2. The van der Waals surface area contributed by atoms with Crippen LogP contribution in [0.2, 0.25) is 0 Å². The summed E-state index contributed by atoms with van der Waals surface area (Å²) in [6.45, 7) is 8.40. The molecule has 2 atom stereocenters. The van der Waals surface area contributed by atoms with Gasteiger partial charge in [-0.1, -0.05) is 78.9 Å². The van der Waals surface area contributed by atoms with Crippen LogP contribution in [0.5, 0.6) is 0 Å². The molecule has 5 rings (SSSR count). The predicted octanol–water partition coefficient (Wildman–Crippen LogP) is 7.03. The highest BCUT2D eigenvalue weighted by atomic mass is 16.5. The lowest BCUT2D eigenvalue weighted by molar-refractivity contribution is -0.138. The molecule has 42 heavy (non-hydrogen) atoms. The molecule has 4 aromatic carbocycles. The fraction of sp³-hybridized carbons (Fsp3) is 0.333. The zero-order valence-corrected chi connectivity index (χ0v) is 24.8. The van der Waals surface area contributed by atoms with Crippen LogP contribution in [-0.4, -0.2) is 37.2 Å². The summed E-state index contributed by atoms with van der Waals surface area (Å²) in [5.74, 6) is 0.410. The summed E-state index contributed by atoms with van der Waals surface area (Å²) < 4.78 is 11.0. The highest BCUT2D eigenvalue weighted by Gasteiger charge is 2.27. The predicted molar refractivity (Wildman–Crippen MR) is 169 cm³/mol. The minimum absolute atomic E-state index is 0.0424. The van der Waals surface area contributed by atoms with Gasteiger partial charge < -0.3 is 20.1 Å². The Kier molecular flexibility index (Phi) is 11.3. The van der Waals surface area contributed by atoms with Crippen molar-refractivity contribution in [3.05, 3.63) is 114 Å². The summed E-state index contributed by atoms with van der Waals surface area (Å²) in [5.41, 5.74) is 4.22. The van der Waals surface area contributed by atoms with Crippen LogP contribution in [-0.2, 0) is 32.1 Å². The summed E-state index contributed by atoms with van der Waals surface area (Å²) in [5, 5.41) is 8.96. The van der Waals surface area contributed by atoms with Crippen molar-refractivity contribution in [2.24, 2.45) is 0 Å². The Morgan fingerprint density at radius 2 is 1.60 bits per heavy atom. The monoisotopic (exact) mass is 566 g/mol. The molecule has 2 N–H and O–H groups in total. The van der Waals surface area contributed by atoms with E-state index in [4.69, 9.17) is 4.74 Å². The Balaban J connectivity index is 0.000000517. The van der Waals surface area contributed by atoms with E-state index in [0.717, 1.165) is 31.6 Å². The van der Waals surface area contributed by atoms with E-state index in [9.17, 15) is 9.59 Å². The van der Waals surface area contributed by atoms with Gasteiger partial charge in [0, 0.05) is 24.6 Å². The van der Waals surface area contributed by atoms with E-state index in [-0.39, 0.29) is 17.6 Å². The van der Waals surface area contributed by atoms with Gasteiger partial charge in [0.25, 0.3) is 6.47 Å². The number of nitrogens with one attached hydrogen (secondary N) is 2. The van der Waals surface area contributed by atoms with E-state index in [1.165, 1.54) is 27.5 Å². The number of rotatable bonds is 9. The Hall–Kier alpha value is -4.00. The molecule has 0 bridgehead atoms. The molecule has 1 amide bonds. The van der Waals surface area contributed by atoms with Crippen LogP contribution in [0.25, 0.3) is 10.8 Å². The van der Waals surface area contributed by atoms with Gasteiger partial charge in [0.2, 0.25) is 5.91 Å². The van der Waals surface area contributed by atoms with Gasteiger partial charge in [0.15, 0.2) is 0 Å². The van der Waals surface area contributed by atoms with Gasteiger partial charge in [0.05, 0.1) is 12.7 Å². The molecule has 0 spiro atoms. The van der Waals surface area contributed by atoms with Crippen molar-refractivity contribution in [3.63, 3.8) is 0 Å². The summed E-state index contributed by atoms with van der Waals surface area (Å²) in [4.78, 5) is 21.9. The number of aryl methyl sites for hydroxylation is 1. The summed E-state index contributed by atoms with van der Waals surface area (Å²) in [6, 6.07) is 33.4. The quantitative estimate of drug-likeness (QED) is 0.213. The van der Waals surface area contributed by atoms with Gasteiger partial charge in [-0.2, -0.15) is 0 Å². The maximum absolute atomic E-state index is 12.3. The lowest BCUT2D eigenvalue weighted by Crippen LogP contribution is -2.40. The van der Waals surface area contributed by atoms with Crippen molar-refractivity contribution in [1.82, 2.24) is 5.32 Å². The largest absolute Gasteiger partial charge is 0.462 e. The Morgan fingerprint density at radius 3 is 2.29 bits per heavy atom. The summed E-state index contributed by atoms with van der Waals surface area (Å²) >= 11 is 0. The van der Waals surface area contributed by atoms with E-state index in [1.54, 1.807) is 0 Å². The molecule has 2 unspecified atom stereocenters. The fourth-order valence-corrected chi connectivity index (χ4v) is 5.00. The number of benzene rings is 4. The molecule has 0 aliphatic carbocycles. The molecule has 1 fully saturated rings. The number of amides is 1. The highest BCUT2D eigenvalue weighted by Crippen LogP contribution is 2.29. The highest BCUT2D eigenvalue weighted by molar-refractivity contribution is 5.90. The van der Waals surface area contributed by atoms with Crippen molar-refractivity contribution >= 4 is 28.8 Å². The SMILES string of the molecule is CC(C)(C)OC=O.O=C(CCc1ccc(C2CCNCC2OCc2ccc3ccccc3c2)cc1)Nc1ccccc1. The lowest BCUT2D eigenvalue weighted by atomic mass is 9.87. The zero-order chi connectivity index (χ0) is 29.8. The van der Waals surface area contributed by atoms with Crippen molar-refractivity contribution in [3.8, 4) is 0 Å². The van der Waals surface area contributed by atoms with Gasteiger partial charge in [0.1, 0.15) is 5.60 Å². The molecule has 6 heteroatoms. The Morgan fingerprint density at radius 1 is 0.905 bits per heavy atom. The van der Waals surface area contributed by atoms with E-state index in [1.807, 2.05) is 51.1 Å². The van der Waals surface area contributed by atoms with Gasteiger partial charge in [-0.05, 0) is 85.8 Å². The molecular weight excluding hydrogens is 524 g/mol. The molecule has 0 saturated carbocycles. The molecule has 0 radical (unpaired) electrons. The van der Waals surface area contributed by atoms with E-state index in [0.29, 0.717) is 25.4 Å². The third-order valence-corrected chi connectivity index (χ3v) is 7.21. The van der Waals surface area contributed by atoms with Crippen LogP contribution < -0.4 is 10.6 Å². The number of hydrogen-bond donors (Lipinski definition) is 2. The standard InChI is InChI=1S/C31H32N2O2.C5H10O2/c34-31(33-28-8-2-1-3-9-28)17-13-23-10-15-26(16-11-23)29-18-19-32-21-30(29)35-22-24-12-14-25-6-4-5-7-27(25)20-24;1-5(2,3)7-4-6/h1-12,14-16,20,29-30,32H,13,17-19,21-22H2,(H,33,34);4H,1-3H3. The third kappa shape index (κ3) is 9.82. The van der Waals surface area contributed by atoms with Crippen LogP contribution in [0.4, 0.5) is 5.69 Å². The third-order valence-electron chi connectivity index (χ3n) is 7.21. The number of hydrogen-bond acceptors (Lipinski definition) is 5. The zero-order valence-electron chi connectivity index (χ0n) is 24.8. The molecule has 1 saturated heterocycles. The Labute approximate surface area is 249 Å². The van der Waals surface area contributed by atoms with Crippen LogP contribution in [0.15, 0.2) is 97.1 Å². The van der Waals surface area contributed by atoms with E-state index in [2.05, 4.69) is 82.1 Å². The van der Waals surface area contributed by atoms with Crippen LogP contribution >= 0.6 is 0 Å². The second kappa shape index (κ2) is 15.3.